The van der Waals surface area contributed by atoms with E-state index in [1.165, 1.54) is 29.5 Å². The second-order valence-corrected chi connectivity index (χ2v) is 8.25. The summed E-state index contributed by atoms with van der Waals surface area (Å²) >= 11 is 0. The quantitative estimate of drug-likeness (QED) is 0.826. The Bertz CT molecular complexity index is 706. The maximum absolute atomic E-state index is 5.61. The molecule has 1 aliphatic rings. The highest BCUT2D eigenvalue weighted by Crippen LogP contribution is 2.29. The highest BCUT2D eigenvalue weighted by molar-refractivity contribution is 5.39. The molecular weight excluding hydrogens is 320 g/mol. The normalized spacial score (nSPS) is 20.8. The number of benzene rings is 2. The fourth-order valence-electron chi connectivity index (χ4n) is 3.74. The van der Waals surface area contributed by atoms with Crippen LogP contribution >= 0.6 is 0 Å². The fourth-order valence-corrected chi connectivity index (χ4v) is 3.74. The molecule has 140 valence electrons. The van der Waals surface area contributed by atoms with Gasteiger partial charge in [-0.05, 0) is 42.0 Å². The van der Waals surface area contributed by atoms with Crippen molar-refractivity contribution in [2.24, 2.45) is 0 Å². The van der Waals surface area contributed by atoms with Gasteiger partial charge in [-0.25, -0.2) is 0 Å². The van der Waals surface area contributed by atoms with Crippen LogP contribution in [-0.2, 0) is 12.0 Å². The Hall–Kier alpha value is -1.84. The summed E-state index contributed by atoms with van der Waals surface area (Å²) in [4.78, 5) is 0. The van der Waals surface area contributed by atoms with Crippen LogP contribution in [0.2, 0.25) is 0 Å². The minimum atomic E-state index is 0.139. The molecule has 0 bridgehead atoms. The van der Waals surface area contributed by atoms with E-state index >= 15 is 0 Å². The zero-order valence-corrected chi connectivity index (χ0v) is 16.5. The zero-order chi connectivity index (χ0) is 18.6. The Morgan fingerprint density at radius 3 is 2.58 bits per heavy atom. The highest BCUT2D eigenvalue weighted by Gasteiger charge is 2.26. The number of hydrogen-bond donors (Lipinski definition) is 2. The topological polar surface area (TPSA) is 33.3 Å². The summed E-state index contributed by atoms with van der Waals surface area (Å²) in [5, 5.41) is 7.49. The molecule has 1 saturated heterocycles. The van der Waals surface area contributed by atoms with Crippen LogP contribution in [0.4, 0.5) is 0 Å². The van der Waals surface area contributed by atoms with Crippen molar-refractivity contribution in [3.8, 4) is 5.75 Å². The van der Waals surface area contributed by atoms with E-state index in [0.717, 1.165) is 18.8 Å². The number of hydrogen-bond acceptors (Lipinski definition) is 3. The van der Waals surface area contributed by atoms with Gasteiger partial charge in [0, 0.05) is 24.2 Å². The van der Waals surface area contributed by atoms with E-state index in [1.807, 2.05) is 0 Å². The molecule has 0 aliphatic carbocycles. The van der Waals surface area contributed by atoms with Crippen molar-refractivity contribution in [1.82, 2.24) is 10.6 Å². The monoisotopic (exact) mass is 352 g/mol. The molecule has 0 saturated carbocycles. The summed E-state index contributed by atoms with van der Waals surface area (Å²) in [6.07, 6.45) is 2.40. The second kappa shape index (κ2) is 8.24. The first kappa shape index (κ1) is 18.9. The molecule has 2 aromatic rings. The zero-order valence-electron chi connectivity index (χ0n) is 16.5. The van der Waals surface area contributed by atoms with Crippen molar-refractivity contribution in [3.63, 3.8) is 0 Å². The van der Waals surface area contributed by atoms with E-state index < -0.39 is 0 Å². The summed E-state index contributed by atoms with van der Waals surface area (Å²) in [5.41, 5.74) is 4.08. The lowest BCUT2D eigenvalue weighted by molar-refractivity contribution is 0.302. The van der Waals surface area contributed by atoms with E-state index in [0.29, 0.717) is 12.1 Å². The maximum atomic E-state index is 5.61. The van der Waals surface area contributed by atoms with Gasteiger partial charge < -0.3 is 15.4 Å². The van der Waals surface area contributed by atoms with E-state index in [1.54, 1.807) is 7.11 Å². The van der Waals surface area contributed by atoms with Crippen LogP contribution in [0.1, 0.15) is 56.3 Å². The van der Waals surface area contributed by atoms with E-state index in [9.17, 15) is 0 Å². The largest absolute Gasteiger partial charge is 0.496 e. The number of methoxy groups -OCH3 is 1. The standard InChI is InChI=1S/C23H32N2O/c1-23(2,3)19-12-13-21(26-4)18(15-19)16-25-20-11-8-14-24-22(20)17-9-6-5-7-10-17/h5-7,9-10,12-13,15,20,22,24-25H,8,11,14,16H2,1-4H3/t20-,22-/m0/s1. The predicted molar refractivity (Wildman–Crippen MR) is 109 cm³/mol. The number of rotatable bonds is 5. The Labute approximate surface area is 158 Å². The van der Waals surface area contributed by atoms with Crippen LogP contribution in [0.25, 0.3) is 0 Å². The average Bonchev–Trinajstić information content (AvgIpc) is 2.66. The van der Waals surface area contributed by atoms with Gasteiger partial charge in [0.2, 0.25) is 0 Å². The summed E-state index contributed by atoms with van der Waals surface area (Å²) in [6, 6.07) is 18.1. The lowest BCUT2D eigenvalue weighted by atomic mass is 9.86. The molecule has 26 heavy (non-hydrogen) atoms. The third-order valence-electron chi connectivity index (χ3n) is 5.32. The highest BCUT2D eigenvalue weighted by atomic mass is 16.5. The number of ether oxygens (including phenoxy) is 1. The van der Waals surface area contributed by atoms with Crippen LogP contribution in [0.5, 0.6) is 5.75 Å². The van der Waals surface area contributed by atoms with Crippen LogP contribution < -0.4 is 15.4 Å². The van der Waals surface area contributed by atoms with Crippen LogP contribution in [0.3, 0.4) is 0 Å². The molecular formula is C23H32N2O. The molecule has 0 amide bonds. The first-order valence-corrected chi connectivity index (χ1v) is 9.68. The van der Waals surface area contributed by atoms with Crippen molar-refractivity contribution in [2.75, 3.05) is 13.7 Å². The maximum Gasteiger partial charge on any atom is 0.123 e. The van der Waals surface area contributed by atoms with E-state index in [-0.39, 0.29) is 5.41 Å². The molecule has 0 unspecified atom stereocenters. The van der Waals surface area contributed by atoms with Crippen molar-refractivity contribution < 1.29 is 4.74 Å². The third-order valence-corrected chi connectivity index (χ3v) is 5.32. The van der Waals surface area contributed by atoms with Gasteiger partial charge >= 0.3 is 0 Å². The lowest BCUT2D eigenvalue weighted by Crippen LogP contribution is -2.45. The molecule has 0 aromatic heterocycles. The Morgan fingerprint density at radius 1 is 1.12 bits per heavy atom. The van der Waals surface area contributed by atoms with Crippen molar-refractivity contribution in [2.45, 2.75) is 57.7 Å². The fraction of sp³-hybridized carbons (Fsp3) is 0.478. The molecule has 3 heteroatoms. The van der Waals surface area contributed by atoms with Crippen LogP contribution in [0, 0.1) is 0 Å². The minimum Gasteiger partial charge on any atom is -0.496 e. The predicted octanol–water partition coefficient (Wildman–Crippen LogP) is 4.58. The summed E-state index contributed by atoms with van der Waals surface area (Å²) in [6.45, 7) is 8.66. The summed E-state index contributed by atoms with van der Waals surface area (Å²) in [5.74, 6) is 0.963. The summed E-state index contributed by atoms with van der Waals surface area (Å²) < 4.78 is 5.61. The number of nitrogens with one attached hydrogen (secondary N) is 2. The van der Waals surface area contributed by atoms with Gasteiger partial charge in [-0.15, -0.1) is 0 Å². The first-order chi connectivity index (χ1) is 12.5. The molecule has 1 fully saturated rings. The van der Waals surface area contributed by atoms with Crippen molar-refractivity contribution >= 4 is 0 Å². The van der Waals surface area contributed by atoms with Crippen molar-refractivity contribution in [1.29, 1.82) is 0 Å². The number of piperidine rings is 1. The molecule has 2 N–H and O–H groups in total. The molecule has 0 radical (unpaired) electrons. The molecule has 1 heterocycles. The Kier molecular flexibility index (Phi) is 6.00. The smallest absolute Gasteiger partial charge is 0.123 e. The van der Waals surface area contributed by atoms with Crippen LogP contribution in [0.15, 0.2) is 48.5 Å². The van der Waals surface area contributed by atoms with Crippen LogP contribution in [-0.4, -0.2) is 19.7 Å². The van der Waals surface area contributed by atoms with Gasteiger partial charge in [-0.2, -0.15) is 0 Å². The summed E-state index contributed by atoms with van der Waals surface area (Å²) in [7, 11) is 1.75. The first-order valence-electron chi connectivity index (χ1n) is 9.68. The average molecular weight is 353 g/mol. The molecule has 2 atom stereocenters. The molecule has 0 spiro atoms. The van der Waals surface area contributed by atoms with E-state index in [4.69, 9.17) is 4.74 Å². The van der Waals surface area contributed by atoms with Crippen molar-refractivity contribution in [3.05, 3.63) is 65.2 Å². The van der Waals surface area contributed by atoms with Gasteiger partial charge in [-0.3, -0.25) is 0 Å². The third kappa shape index (κ3) is 4.46. The Balaban J connectivity index is 1.76. The van der Waals surface area contributed by atoms with Gasteiger partial charge in [0.1, 0.15) is 5.75 Å². The Morgan fingerprint density at radius 2 is 1.88 bits per heavy atom. The van der Waals surface area contributed by atoms with Gasteiger partial charge in [0.15, 0.2) is 0 Å². The molecule has 3 rings (SSSR count). The van der Waals surface area contributed by atoms with Gasteiger partial charge in [0.25, 0.3) is 0 Å². The van der Waals surface area contributed by atoms with E-state index in [2.05, 4.69) is 79.9 Å². The second-order valence-electron chi connectivity index (χ2n) is 8.25. The van der Waals surface area contributed by atoms with Gasteiger partial charge in [-0.1, -0.05) is 63.2 Å². The SMILES string of the molecule is COc1ccc(C(C)(C)C)cc1CN[C@H]1CCCN[C@H]1c1ccccc1. The molecule has 1 aliphatic heterocycles. The molecule has 3 nitrogen and oxygen atoms in total. The molecule has 2 aromatic carbocycles. The minimum absolute atomic E-state index is 0.139. The van der Waals surface area contributed by atoms with Gasteiger partial charge in [0.05, 0.1) is 7.11 Å². The lowest BCUT2D eigenvalue weighted by Gasteiger charge is -2.34.